The number of halogens is 1. The number of piperazine rings is 1. The molecule has 2 aromatic heterocycles. The minimum atomic E-state index is 0. The van der Waals surface area contributed by atoms with Crippen LogP contribution >= 0.6 is 24.0 Å². The van der Waals surface area contributed by atoms with Crippen LogP contribution in [-0.2, 0) is 13.6 Å². The molecule has 3 rings (SSSR count). The summed E-state index contributed by atoms with van der Waals surface area (Å²) in [4.78, 5) is 13.4. The second-order valence-electron chi connectivity index (χ2n) is 5.51. The fraction of sp³-hybridized carbons (Fsp3) is 0.438. The lowest BCUT2D eigenvalue weighted by Crippen LogP contribution is -2.52. The van der Waals surface area contributed by atoms with Gasteiger partial charge in [-0.25, -0.2) is 4.98 Å². The van der Waals surface area contributed by atoms with E-state index < -0.39 is 0 Å². The summed E-state index contributed by atoms with van der Waals surface area (Å²) in [6.07, 6.45) is 3.65. The number of aryl methyl sites for hydroxylation is 1. The first kappa shape index (κ1) is 18.5. The predicted molar refractivity (Wildman–Crippen MR) is 107 cm³/mol. The van der Waals surface area contributed by atoms with Crippen molar-refractivity contribution < 1.29 is 0 Å². The SMILES string of the molecule is CN=C(NCc1ccnn1C)N1CCN(c2ccccn2)CC1.I. The zero-order valence-corrected chi connectivity index (χ0v) is 16.4. The van der Waals surface area contributed by atoms with E-state index in [9.17, 15) is 0 Å². The summed E-state index contributed by atoms with van der Waals surface area (Å²) < 4.78 is 1.87. The molecule has 1 fully saturated rings. The van der Waals surface area contributed by atoms with Gasteiger partial charge in [-0.1, -0.05) is 6.07 Å². The van der Waals surface area contributed by atoms with Crippen LogP contribution in [0.3, 0.4) is 0 Å². The number of anilines is 1. The number of aliphatic imine (C=N–C) groups is 1. The third kappa shape index (κ3) is 4.37. The van der Waals surface area contributed by atoms with Gasteiger partial charge >= 0.3 is 0 Å². The Kier molecular flexibility index (Phi) is 6.83. The average Bonchev–Trinajstić information content (AvgIpc) is 3.02. The molecule has 0 unspecified atom stereocenters. The number of pyridine rings is 1. The van der Waals surface area contributed by atoms with Gasteiger partial charge < -0.3 is 15.1 Å². The molecule has 0 spiro atoms. The van der Waals surface area contributed by atoms with Crippen molar-refractivity contribution in [3.8, 4) is 0 Å². The highest BCUT2D eigenvalue weighted by molar-refractivity contribution is 14.0. The quantitative estimate of drug-likeness (QED) is 0.443. The average molecular weight is 441 g/mol. The molecule has 1 aliphatic heterocycles. The lowest BCUT2D eigenvalue weighted by molar-refractivity contribution is 0.371. The van der Waals surface area contributed by atoms with Crippen molar-refractivity contribution in [2.75, 3.05) is 38.1 Å². The summed E-state index contributed by atoms with van der Waals surface area (Å²) in [7, 11) is 3.78. The standard InChI is InChI=1S/C16H23N7.HI/c1-17-16(19-13-14-6-8-20-21(14)2)23-11-9-22(10-12-23)15-5-3-4-7-18-15;/h3-8H,9-13H2,1-2H3,(H,17,19);1H. The van der Waals surface area contributed by atoms with Crippen LogP contribution in [0.15, 0.2) is 41.7 Å². The minimum Gasteiger partial charge on any atom is -0.353 e. The van der Waals surface area contributed by atoms with E-state index in [1.807, 2.05) is 49.4 Å². The smallest absolute Gasteiger partial charge is 0.194 e. The molecule has 7 nitrogen and oxygen atoms in total. The normalized spacial score (nSPS) is 15.2. The van der Waals surface area contributed by atoms with Crippen LogP contribution in [0.25, 0.3) is 0 Å². The molecule has 24 heavy (non-hydrogen) atoms. The summed E-state index contributed by atoms with van der Waals surface area (Å²) in [5.41, 5.74) is 1.14. The van der Waals surface area contributed by atoms with E-state index in [1.54, 1.807) is 0 Å². The molecule has 0 aromatic carbocycles. The molecular weight excluding hydrogens is 417 g/mol. The summed E-state index contributed by atoms with van der Waals surface area (Å²) in [5, 5.41) is 7.60. The number of nitrogens with one attached hydrogen (secondary N) is 1. The van der Waals surface area contributed by atoms with Crippen LogP contribution < -0.4 is 10.2 Å². The van der Waals surface area contributed by atoms with E-state index in [0.717, 1.165) is 50.2 Å². The van der Waals surface area contributed by atoms with Crippen molar-refractivity contribution in [2.45, 2.75) is 6.54 Å². The highest BCUT2D eigenvalue weighted by Gasteiger charge is 2.20. The number of hydrogen-bond acceptors (Lipinski definition) is 4. The summed E-state index contributed by atoms with van der Waals surface area (Å²) >= 11 is 0. The molecule has 1 saturated heterocycles. The van der Waals surface area contributed by atoms with Gasteiger partial charge in [-0.3, -0.25) is 9.67 Å². The fourth-order valence-electron chi connectivity index (χ4n) is 2.76. The maximum atomic E-state index is 4.42. The Bertz CT molecular complexity index is 647. The third-order valence-corrected chi connectivity index (χ3v) is 4.11. The number of aromatic nitrogens is 3. The highest BCUT2D eigenvalue weighted by Crippen LogP contribution is 2.12. The van der Waals surface area contributed by atoms with E-state index in [4.69, 9.17) is 0 Å². The van der Waals surface area contributed by atoms with Crippen LogP contribution in [0.5, 0.6) is 0 Å². The van der Waals surface area contributed by atoms with Gasteiger partial charge in [0.25, 0.3) is 0 Å². The van der Waals surface area contributed by atoms with E-state index in [-0.39, 0.29) is 24.0 Å². The highest BCUT2D eigenvalue weighted by atomic mass is 127. The number of rotatable bonds is 3. The third-order valence-electron chi connectivity index (χ3n) is 4.11. The van der Waals surface area contributed by atoms with Crippen LogP contribution in [0, 0.1) is 0 Å². The topological polar surface area (TPSA) is 61.6 Å². The van der Waals surface area contributed by atoms with Crippen molar-refractivity contribution in [3.63, 3.8) is 0 Å². The molecular formula is C16H24IN7. The number of nitrogens with zero attached hydrogens (tertiary/aromatic N) is 6. The monoisotopic (exact) mass is 441 g/mol. The largest absolute Gasteiger partial charge is 0.353 e. The van der Waals surface area contributed by atoms with Gasteiger partial charge in [0.2, 0.25) is 0 Å². The van der Waals surface area contributed by atoms with Crippen molar-refractivity contribution >= 4 is 35.8 Å². The Morgan fingerprint density at radius 1 is 1.17 bits per heavy atom. The van der Waals surface area contributed by atoms with Crippen molar-refractivity contribution in [3.05, 3.63) is 42.4 Å². The van der Waals surface area contributed by atoms with Gasteiger partial charge in [0, 0.05) is 52.7 Å². The van der Waals surface area contributed by atoms with E-state index >= 15 is 0 Å². The lowest BCUT2D eigenvalue weighted by Gasteiger charge is -2.37. The Morgan fingerprint density at radius 2 is 1.96 bits per heavy atom. The molecule has 0 aliphatic carbocycles. The summed E-state index contributed by atoms with van der Waals surface area (Å²) in [6, 6.07) is 8.05. The molecule has 8 heteroatoms. The molecule has 0 bridgehead atoms. The Labute approximate surface area is 159 Å². The lowest BCUT2D eigenvalue weighted by atomic mass is 10.3. The molecule has 2 aromatic rings. The van der Waals surface area contributed by atoms with Gasteiger partial charge in [-0.15, -0.1) is 24.0 Å². The van der Waals surface area contributed by atoms with Crippen LogP contribution in [0.1, 0.15) is 5.69 Å². The fourth-order valence-corrected chi connectivity index (χ4v) is 2.76. The van der Waals surface area contributed by atoms with Crippen molar-refractivity contribution in [1.29, 1.82) is 0 Å². The van der Waals surface area contributed by atoms with Crippen molar-refractivity contribution in [1.82, 2.24) is 25.0 Å². The van der Waals surface area contributed by atoms with Crippen LogP contribution in [0.4, 0.5) is 5.82 Å². The second-order valence-corrected chi connectivity index (χ2v) is 5.51. The van der Waals surface area contributed by atoms with Gasteiger partial charge in [-0.05, 0) is 18.2 Å². The molecule has 0 amide bonds. The second kappa shape index (κ2) is 8.86. The van der Waals surface area contributed by atoms with E-state index in [1.165, 1.54) is 0 Å². The summed E-state index contributed by atoms with van der Waals surface area (Å²) in [6.45, 7) is 4.49. The summed E-state index contributed by atoms with van der Waals surface area (Å²) in [5.74, 6) is 1.98. The first-order chi connectivity index (χ1) is 11.3. The minimum absolute atomic E-state index is 0. The van der Waals surface area contributed by atoms with Crippen LogP contribution in [-0.4, -0.2) is 58.9 Å². The molecule has 1 aliphatic rings. The van der Waals surface area contributed by atoms with Gasteiger partial charge in [0.15, 0.2) is 5.96 Å². The van der Waals surface area contributed by atoms with Crippen molar-refractivity contribution in [2.24, 2.45) is 12.0 Å². The van der Waals surface area contributed by atoms with E-state index in [2.05, 4.69) is 36.3 Å². The van der Waals surface area contributed by atoms with Gasteiger partial charge in [0.05, 0.1) is 12.2 Å². The molecule has 130 valence electrons. The van der Waals surface area contributed by atoms with Crippen LogP contribution in [0.2, 0.25) is 0 Å². The predicted octanol–water partition coefficient (Wildman–Crippen LogP) is 1.33. The maximum Gasteiger partial charge on any atom is 0.194 e. The van der Waals surface area contributed by atoms with E-state index in [0.29, 0.717) is 0 Å². The first-order valence-electron chi connectivity index (χ1n) is 7.86. The molecule has 0 atom stereocenters. The number of hydrogen-bond donors (Lipinski definition) is 1. The molecule has 0 radical (unpaired) electrons. The number of guanidine groups is 1. The Morgan fingerprint density at radius 3 is 2.54 bits per heavy atom. The molecule has 3 heterocycles. The van der Waals surface area contributed by atoms with Gasteiger partial charge in [0.1, 0.15) is 5.82 Å². The zero-order chi connectivity index (χ0) is 16.1. The zero-order valence-electron chi connectivity index (χ0n) is 14.1. The Hall–Kier alpha value is -1.84. The maximum absolute atomic E-state index is 4.42. The first-order valence-corrected chi connectivity index (χ1v) is 7.86. The van der Waals surface area contributed by atoms with Gasteiger partial charge in [-0.2, -0.15) is 5.10 Å². The molecule has 1 N–H and O–H groups in total. The molecule has 0 saturated carbocycles. The Balaban J connectivity index is 0.00000208.